The van der Waals surface area contributed by atoms with Crippen LogP contribution in [0.5, 0.6) is 0 Å². The molecular weight excluding hydrogens is 227 g/mol. The van der Waals surface area contributed by atoms with E-state index < -0.39 is 11.7 Å². The molecule has 0 unspecified atom stereocenters. The minimum Gasteiger partial charge on any atom is -0.428 e. The van der Waals surface area contributed by atoms with Crippen LogP contribution in [0.25, 0.3) is 0 Å². The third-order valence-electron chi connectivity index (χ3n) is 1.28. The first-order chi connectivity index (χ1) is 5.82. The Morgan fingerprint density at radius 3 is 2.38 bits per heavy atom. The van der Waals surface area contributed by atoms with Crippen molar-refractivity contribution in [2.45, 2.75) is 6.18 Å². The third-order valence-corrected chi connectivity index (χ3v) is 2.09. The molecule has 1 rings (SSSR count). The van der Waals surface area contributed by atoms with E-state index in [1.165, 1.54) is 0 Å². The lowest BCUT2D eigenvalue weighted by Crippen LogP contribution is -2.08. The lowest BCUT2D eigenvalue weighted by molar-refractivity contribution is -0.138. The molecular formula is C6H3ClF3NOS. The predicted octanol–water partition coefficient (Wildman–Crippen LogP) is 3.13. The molecule has 0 fully saturated rings. The number of alkyl halides is 3. The van der Waals surface area contributed by atoms with Crippen molar-refractivity contribution in [1.82, 2.24) is 4.73 Å². The summed E-state index contributed by atoms with van der Waals surface area (Å²) >= 11 is 9.83. The molecule has 0 atom stereocenters. The Bertz CT molecular complexity index is 360. The van der Waals surface area contributed by atoms with Crippen molar-refractivity contribution in [2.75, 3.05) is 0 Å². The van der Waals surface area contributed by atoms with Gasteiger partial charge in [-0.2, -0.15) is 17.9 Å². The maximum absolute atomic E-state index is 12.1. The van der Waals surface area contributed by atoms with Gasteiger partial charge in [0, 0.05) is 0 Å². The van der Waals surface area contributed by atoms with Crippen molar-refractivity contribution in [3.63, 3.8) is 0 Å². The second-order valence-electron chi connectivity index (χ2n) is 2.22. The van der Waals surface area contributed by atoms with Gasteiger partial charge in [0.05, 0.1) is 16.8 Å². The summed E-state index contributed by atoms with van der Waals surface area (Å²) in [6.07, 6.45) is -4.08. The second kappa shape index (κ2) is 3.19. The molecule has 0 bridgehead atoms. The summed E-state index contributed by atoms with van der Waals surface area (Å²) in [6, 6.07) is 0.663. The molecule has 0 aliphatic rings. The highest BCUT2D eigenvalue weighted by molar-refractivity contribution is 7.71. The van der Waals surface area contributed by atoms with Crippen LogP contribution < -0.4 is 0 Å². The lowest BCUT2D eigenvalue weighted by atomic mass is 10.3. The Labute approximate surface area is 81.1 Å². The van der Waals surface area contributed by atoms with Gasteiger partial charge in [-0.25, -0.2) is 0 Å². The fourth-order valence-electron chi connectivity index (χ4n) is 0.690. The second-order valence-corrected chi connectivity index (χ2v) is 3.02. The average molecular weight is 230 g/mol. The van der Waals surface area contributed by atoms with Gasteiger partial charge in [0.2, 0.25) is 0 Å². The first-order valence-electron chi connectivity index (χ1n) is 3.01. The van der Waals surface area contributed by atoms with E-state index in [1.807, 2.05) is 0 Å². The quantitative estimate of drug-likeness (QED) is 0.546. The van der Waals surface area contributed by atoms with E-state index in [9.17, 15) is 13.2 Å². The van der Waals surface area contributed by atoms with Gasteiger partial charge in [-0.3, -0.25) is 0 Å². The largest absolute Gasteiger partial charge is 0.428 e. The molecule has 0 aliphatic carbocycles. The normalized spacial score (nSPS) is 11.7. The van der Waals surface area contributed by atoms with E-state index in [4.69, 9.17) is 16.8 Å². The van der Waals surface area contributed by atoms with E-state index in [1.54, 1.807) is 0 Å². The smallest absolute Gasteiger partial charge is 0.417 e. The van der Waals surface area contributed by atoms with E-state index >= 15 is 0 Å². The van der Waals surface area contributed by atoms with Gasteiger partial charge in [0.25, 0.3) is 0 Å². The Morgan fingerprint density at radius 1 is 1.46 bits per heavy atom. The monoisotopic (exact) mass is 229 g/mol. The van der Waals surface area contributed by atoms with Gasteiger partial charge in [0.1, 0.15) is 0 Å². The SMILES string of the molecule is On1cc(C(F)(F)F)cc(Cl)c1=S. The Hall–Kier alpha value is -0.750. The molecule has 0 saturated heterocycles. The summed E-state index contributed by atoms with van der Waals surface area (Å²) in [5, 5.41) is 8.56. The molecule has 0 amide bonds. The van der Waals surface area contributed by atoms with Crippen LogP contribution in [0.2, 0.25) is 5.02 Å². The molecule has 0 spiro atoms. The van der Waals surface area contributed by atoms with Crippen molar-refractivity contribution in [3.8, 4) is 0 Å². The topological polar surface area (TPSA) is 25.2 Å². The van der Waals surface area contributed by atoms with E-state index in [0.29, 0.717) is 12.3 Å². The first-order valence-corrected chi connectivity index (χ1v) is 3.79. The van der Waals surface area contributed by atoms with E-state index in [-0.39, 0.29) is 14.4 Å². The van der Waals surface area contributed by atoms with Gasteiger partial charge in [-0.1, -0.05) is 23.8 Å². The minimum absolute atomic E-state index is 0.167. The molecule has 1 N–H and O–H groups in total. The van der Waals surface area contributed by atoms with Gasteiger partial charge in [0.15, 0.2) is 4.64 Å². The zero-order chi connectivity index (χ0) is 10.2. The number of nitrogens with zero attached hydrogens (tertiary/aromatic N) is 1. The highest BCUT2D eigenvalue weighted by Crippen LogP contribution is 2.30. The number of hydrogen-bond donors (Lipinski definition) is 1. The van der Waals surface area contributed by atoms with E-state index in [0.717, 1.165) is 0 Å². The highest BCUT2D eigenvalue weighted by atomic mass is 35.5. The highest BCUT2D eigenvalue weighted by Gasteiger charge is 2.31. The third kappa shape index (κ3) is 2.13. The van der Waals surface area contributed by atoms with Crippen LogP contribution in [-0.2, 0) is 6.18 Å². The van der Waals surface area contributed by atoms with E-state index in [2.05, 4.69) is 12.2 Å². The summed E-state index contributed by atoms with van der Waals surface area (Å²) in [7, 11) is 0. The summed E-state index contributed by atoms with van der Waals surface area (Å²) in [6.45, 7) is 0. The van der Waals surface area contributed by atoms with Crippen LogP contribution in [-0.4, -0.2) is 9.94 Å². The molecule has 0 saturated carbocycles. The van der Waals surface area contributed by atoms with Crippen molar-refractivity contribution < 1.29 is 18.4 Å². The first kappa shape index (κ1) is 10.3. The number of halogens is 4. The van der Waals surface area contributed by atoms with Crippen LogP contribution >= 0.6 is 23.8 Å². The fraction of sp³-hybridized carbons (Fsp3) is 0.167. The number of rotatable bonds is 0. The molecule has 7 heteroatoms. The molecule has 0 aliphatic heterocycles. The lowest BCUT2D eigenvalue weighted by Gasteiger charge is -2.08. The van der Waals surface area contributed by atoms with Crippen LogP contribution in [0.4, 0.5) is 13.2 Å². The van der Waals surface area contributed by atoms with Crippen molar-refractivity contribution in [3.05, 3.63) is 27.5 Å². The fourth-order valence-corrected chi connectivity index (χ4v) is 1.01. The minimum atomic E-state index is -4.54. The Kier molecular flexibility index (Phi) is 2.53. The Balaban J connectivity index is 3.38. The number of hydrogen-bond acceptors (Lipinski definition) is 2. The maximum atomic E-state index is 12.1. The molecule has 0 aromatic carbocycles. The molecule has 72 valence electrons. The molecule has 1 heterocycles. The van der Waals surface area contributed by atoms with Gasteiger partial charge in [-0.05, 0) is 6.07 Å². The Morgan fingerprint density at radius 2 is 2.00 bits per heavy atom. The van der Waals surface area contributed by atoms with Crippen molar-refractivity contribution in [1.29, 1.82) is 0 Å². The van der Waals surface area contributed by atoms with Gasteiger partial charge >= 0.3 is 6.18 Å². The molecule has 0 radical (unpaired) electrons. The van der Waals surface area contributed by atoms with Gasteiger partial charge < -0.3 is 5.21 Å². The van der Waals surface area contributed by atoms with Crippen LogP contribution in [0.3, 0.4) is 0 Å². The van der Waals surface area contributed by atoms with Crippen molar-refractivity contribution in [2.24, 2.45) is 0 Å². The predicted molar refractivity (Wildman–Crippen MR) is 42.5 cm³/mol. The molecule has 13 heavy (non-hydrogen) atoms. The van der Waals surface area contributed by atoms with Gasteiger partial charge in [-0.15, -0.1) is 0 Å². The summed E-state index contributed by atoms with van der Waals surface area (Å²) in [5.74, 6) is 0. The molecule has 1 aromatic rings. The summed E-state index contributed by atoms with van der Waals surface area (Å²) < 4.78 is 36.1. The van der Waals surface area contributed by atoms with Crippen LogP contribution in [0, 0.1) is 4.64 Å². The maximum Gasteiger partial charge on any atom is 0.417 e. The zero-order valence-electron chi connectivity index (χ0n) is 5.97. The number of aromatic nitrogens is 1. The summed E-state index contributed by atoms with van der Waals surface area (Å²) in [4.78, 5) is 0. The number of pyridine rings is 1. The average Bonchev–Trinajstić information content (AvgIpc) is 1.97. The summed E-state index contributed by atoms with van der Waals surface area (Å²) in [5.41, 5.74) is -1.05. The zero-order valence-corrected chi connectivity index (χ0v) is 7.54. The van der Waals surface area contributed by atoms with Crippen LogP contribution in [0.1, 0.15) is 5.56 Å². The van der Waals surface area contributed by atoms with Crippen molar-refractivity contribution >= 4 is 23.8 Å². The van der Waals surface area contributed by atoms with Crippen LogP contribution in [0.15, 0.2) is 12.3 Å². The molecule has 2 nitrogen and oxygen atoms in total. The standard InChI is InChI=1S/C6H3ClF3NOS/c7-4-1-3(6(8,9)10)2-11(12)5(4)13/h1-2,12H. The molecule has 1 aromatic heterocycles.